The van der Waals surface area contributed by atoms with Gasteiger partial charge in [0, 0.05) is 17.1 Å². The van der Waals surface area contributed by atoms with Crippen molar-refractivity contribution in [3.8, 4) is 5.75 Å². The zero-order valence-electron chi connectivity index (χ0n) is 14.2. The summed E-state index contributed by atoms with van der Waals surface area (Å²) in [6.07, 6.45) is 7.15. The molecule has 0 spiro atoms. The second-order valence-electron chi connectivity index (χ2n) is 7.22. The molecule has 1 aromatic rings. The monoisotopic (exact) mass is 406 g/mol. The van der Waals surface area contributed by atoms with Crippen LogP contribution in [0.3, 0.4) is 0 Å². The van der Waals surface area contributed by atoms with Crippen LogP contribution in [-0.4, -0.2) is 42.5 Å². The summed E-state index contributed by atoms with van der Waals surface area (Å²) < 4.78 is 6.41. The highest BCUT2D eigenvalue weighted by Gasteiger charge is 2.37. The van der Waals surface area contributed by atoms with Crippen molar-refractivity contribution in [2.24, 2.45) is 5.92 Å². The average molecular weight is 407 g/mol. The standard InChI is InChI=1S/C19H23BrN2O3/c20-14-7-8-16-17(10-14)25-12-19(24)22(16)11-18(23)21-9-3-5-13-4-1-2-6-15(13)21/h7-8,10,13,15H,1-6,9,11-12H2. The van der Waals surface area contributed by atoms with E-state index in [1.807, 2.05) is 18.2 Å². The van der Waals surface area contributed by atoms with E-state index >= 15 is 0 Å². The number of amides is 2. The summed E-state index contributed by atoms with van der Waals surface area (Å²) in [5.41, 5.74) is 0.685. The van der Waals surface area contributed by atoms with Gasteiger partial charge < -0.3 is 9.64 Å². The van der Waals surface area contributed by atoms with Gasteiger partial charge in [0.15, 0.2) is 6.61 Å². The molecule has 1 saturated carbocycles. The molecule has 25 heavy (non-hydrogen) atoms. The fourth-order valence-corrected chi connectivity index (χ4v) is 4.85. The minimum atomic E-state index is -0.152. The van der Waals surface area contributed by atoms with Crippen molar-refractivity contribution in [2.45, 2.75) is 44.6 Å². The third-order valence-corrected chi connectivity index (χ3v) is 6.22. The highest BCUT2D eigenvalue weighted by atomic mass is 79.9. The number of anilines is 1. The Labute approximate surface area is 156 Å². The van der Waals surface area contributed by atoms with Gasteiger partial charge in [-0.2, -0.15) is 0 Å². The molecule has 0 bridgehead atoms. The van der Waals surface area contributed by atoms with Crippen LogP contribution >= 0.6 is 15.9 Å². The third-order valence-electron chi connectivity index (χ3n) is 5.72. The van der Waals surface area contributed by atoms with Crippen molar-refractivity contribution in [1.29, 1.82) is 0 Å². The number of ether oxygens (including phenoxy) is 1. The molecule has 1 aliphatic carbocycles. The number of nitrogens with zero attached hydrogens (tertiary/aromatic N) is 2. The fourth-order valence-electron chi connectivity index (χ4n) is 4.51. The van der Waals surface area contributed by atoms with E-state index in [1.54, 1.807) is 4.90 Å². The van der Waals surface area contributed by atoms with Gasteiger partial charge >= 0.3 is 0 Å². The van der Waals surface area contributed by atoms with Crippen molar-refractivity contribution in [1.82, 2.24) is 4.90 Å². The first-order valence-electron chi connectivity index (χ1n) is 9.15. The van der Waals surface area contributed by atoms with Gasteiger partial charge in [-0.05, 0) is 49.8 Å². The molecule has 3 aliphatic rings. The number of hydrogen-bond donors (Lipinski definition) is 0. The first kappa shape index (κ1) is 16.9. The maximum Gasteiger partial charge on any atom is 0.265 e. The maximum atomic E-state index is 13.0. The van der Waals surface area contributed by atoms with Crippen molar-refractivity contribution < 1.29 is 14.3 Å². The number of likely N-dealkylation sites (tertiary alicyclic amines) is 1. The van der Waals surface area contributed by atoms with Gasteiger partial charge in [0.25, 0.3) is 5.91 Å². The lowest BCUT2D eigenvalue weighted by Crippen LogP contribution is -2.54. The van der Waals surface area contributed by atoms with Crippen LogP contribution in [0, 0.1) is 5.92 Å². The van der Waals surface area contributed by atoms with Gasteiger partial charge in [-0.3, -0.25) is 14.5 Å². The molecule has 134 valence electrons. The summed E-state index contributed by atoms with van der Waals surface area (Å²) in [6.45, 7) is 0.925. The zero-order chi connectivity index (χ0) is 17.4. The van der Waals surface area contributed by atoms with Crippen LogP contribution in [0.5, 0.6) is 5.75 Å². The van der Waals surface area contributed by atoms with Crippen LogP contribution in [-0.2, 0) is 9.59 Å². The molecule has 1 saturated heterocycles. The molecule has 1 aromatic carbocycles. The van der Waals surface area contributed by atoms with Crippen LogP contribution in [0.15, 0.2) is 22.7 Å². The second-order valence-corrected chi connectivity index (χ2v) is 8.14. The Hall–Kier alpha value is -1.56. The van der Waals surface area contributed by atoms with E-state index in [0.29, 0.717) is 23.4 Å². The molecule has 6 heteroatoms. The molecule has 2 atom stereocenters. The molecule has 2 amide bonds. The summed E-state index contributed by atoms with van der Waals surface area (Å²) >= 11 is 3.42. The van der Waals surface area contributed by atoms with E-state index in [0.717, 1.165) is 23.9 Å². The molecule has 5 nitrogen and oxygen atoms in total. The summed E-state index contributed by atoms with van der Waals surface area (Å²) in [6, 6.07) is 5.92. The van der Waals surface area contributed by atoms with Crippen molar-refractivity contribution >= 4 is 33.4 Å². The summed E-state index contributed by atoms with van der Waals surface area (Å²) in [5.74, 6) is 1.21. The first-order chi connectivity index (χ1) is 12.1. The van der Waals surface area contributed by atoms with Gasteiger partial charge in [0.05, 0.1) is 5.69 Å². The topological polar surface area (TPSA) is 49.9 Å². The summed E-state index contributed by atoms with van der Waals surface area (Å²) in [4.78, 5) is 29.0. The van der Waals surface area contributed by atoms with Gasteiger partial charge in [0.1, 0.15) is 12.3 Å². The summed E-state index contributed by atoms with van der Waals surface area (Å²) in [5, 5.41) is 0. The molecule has 2 aliphatic heterocycles. The van der Waals surface area contributed by atoms with Crippen molar-refractivity contribution in [3.05, 3.63) is 22.7 Å². The highest BCUT2D eigenvalue weighted by Crippen LogP contribution is 2.37. The predicted molar refractivity (Wildman–Crippen MR) is 98.7 cm³/mol. The van der Waals surface area contributed by atoms with E-state index in [-0.39, 0.29) is 25.0 Å². The Kier molecular flexibility index (Phi) is 4.71. The van der Waals surface area contributed by atoms with Crippen molar-refractivity contribution in [2.75, 3.05) is 24.6 Å². The Morgan fingerprint density at radius 2 is 2.00 bits per heavy atom. The number of benzene rings is 1. The number of rotatable bonds is 2. The number of hydrogen-bond acceptors (Lipinski definition) is 3. The van der Waals surface area contributed by atoms with E-state index in [2.05, 4.69) is 20.8 Å². The Morgan fingerprint density at radius 1 is 1.20 bits per heavy atom. The largest absolute Gasteiger partial charge is 0.482 e. The molecule has 0 N–H and O–H groups in total. The molecule has 2 fully saturated rings. The smallest absolute Gasteiger partial charge is 0.265 e. The quantitative estimate of drug-likeness (QED) is 0.756. The lowest BCUT2D eigenvalue weighted by Gasteiger charge is -2.44. The molecule has 4 rings (SSSR count). The van der Waals surface area contributed by atoms with E-state index in [1.165, 1.54) is 25.7 Å². The number of halogens is 1. The predicted octanol–water partition coefficient (Wildman–Crippen LogP) is 3.36. The molecule has 2 unspecified atom stereocenters. The van der Waals surface area contributed by atoms with Crippen LogP contribution < -0.4 is 9.64 Å². The summed E-state index contributed by atoms with van der Waals surface area (Å²) in [7, 11) is 0. The van der Waals surface area contributed by atoms with Gasteiger partial charge in [-0.1, -0.05) is 28.8 Å². The van der Waals surface area contributed by atoms with Crippen LogP contribution in [0.1, 0.15) is 38.5 Å². The van der Waals surface area contributed by atoms with Crippen LogP contribution in [0.4, 0.5) is 5.69 Å². The number of piperidine rings is 1. The van der Waals surface area contributed by atoms with Gasteiger partial charge in [-0.15, -0.1) is 0 Å². The minimum Gasteiger partial charge on any atom is -0.482 e. The Bertz CT molecular complexity index is 691. The molecular formula is C19H23BrN2O3. The van der Waals surface area contributed by atoms with Crippen LogP contribution in [0.25, 0.3) is 0 Å². The Morgan fingerprint density at radius 3 is 2.88 bits per heavy atom. The first-order valence-corrected chi connectivity index (χ1v) is 9.95. The highest BCUT2D eigenvalue weighted by molar-refractivity contribution is 9.10. The third kappa shape index (κ3) is 3.28. The van der Waals surface area contributed by atoms with Gasteiger partial charge in [-0.25, -0.2) is 0 Å². The van der Waals surface area contributed by atoms with Crippen LogP contribution in [0.2, 0.25) is 0 Å². The second kappa shape index (κ2) is 6.98. The number of fused-ring (bicyclic) bond motifs is 2. The molecule has 2 heterocycles. The SMILES string of the molecule is O=C1COc2cc(Br)ccc2N1CC(=O)N1CCCC2CCCCC21. The average Bonchev–Trinajstić information content (AvgIpc) is 2.63. The van der Waals surface area contributed by atoms with E-state index in [9.17, 15) is 9.59 Å². The van der Waals surface area contributed by atoms with Crippen molar-refractivity contribution in [3.63, 3.8) is 0 Å². The van der Waals surface area contributed by atoms with Gasteiger partial charge in [0.2, 0.25) is 5.91 Å². The minimum absolute atomic E-state index is 0.0111. The fraction of sp³-hybridized carbons (Fsp3) is 0.579. The zero-order valence-corrected chi connectivity index (χ0v) is 15.8. The number of carbonyl (C=O) groups excluding carboxylic acids is 2. The van der Waals surface area contributed by atoms with E-state index in [4.69, 9.17) is 4.74 Å². The normalized spacial score (nSPS) is 25.9. The molecule has 0 radical (unpaired) electrons. The molecule has 0 aromatic heterocycles. The molecular weight excluding hydrogens is 384 g/mol. The lowest BCUT2D eigenvalue weighted by molar-refractivity contribution is -0.137. The Balaban J connectivity index is 1.53. The van der Waals surface area contributed by atoms with E-state index < -0.39 is 0 Å². The maximum absolute atomic E-state index is 13.0. The lowest BCUT2D eigenvalue weighted by atomic mass is 9.78. The number of carbonyl (C=O) groups is 2.